The van der Waals surface area contributed by atoms with E-state index < -0.39 is 29.4 Å². The molecule has 1 saturated heterocycles. The van der Waals surface area contributed by atoms with Crippen LogP contribution in [0.15, 0.2) is 18.3 Å². The van der Waals surface area contributed by atoms with Gasteiger partial charge in [0.05, 0.1) is 37.9 Å². The molecule has 2 atom stereocenters. The number of carbonyl (C=O) groups excluding carboxylic acids is 1. The number of benzene rings is 1. The summed E-state index contributed by atoms with van der Waals surface area (Å²) in [6, 6.07) is 3.90. The second kappa shape index (κ2) is 8.70. The number of ether oxygens (including phenoxy) is 2. The number of fused-ring (bicyclic) bond motifs is 3. The maximum Gasteiger partial charge on any atom is 0.327 e. The number of aromatic nitrogens is 2. The van der Waals surface area contributed by atoms with Crippen molar-refractivity contribution in [2.24, 2.45) is 5.92 Å². The minimum Gasteiger partial charge on any atom is -0.493 e. The van der Waals surface area contributed by atoms with Crippen LogP contribution in [0.4, 0.5) is 25.0 Å². The van der Waals surface area contributed by atoms with Crippen molar-refractivity contribution in [2.75, 3.05) is 37.5 Å². The average molecular weight is 482 g/mol. The molecule has 9 nitrogen and oxygen atoms in total. The number of likely N-dealkylation sites (tertiary alicyclic amines) is 1. The van der Waals surface area contributed by atoms with Crippen LogP contribution in [0.3, 0.4) is 0 Å². The van der Waals surface area contributed by atoms with E-state index in [0.717, 1.165) is 29.6 Å². The number of pyridine rings is 1. The number of hydrogen-bond donors (Lipinski definition) is 2. The summed E-state index contributed by atoms with van der Waals surface area (Å²) >= 11 is 0. The number of nitrogens with one attached hydrogen (secondary N) is 2. The Labute approximate surface area is 200 Å². The molecular formula is C24H24F2N6O3. The molecule has 182 valence electrons. The number of carbonyl (C=O) groups is 1. The third-order valence-electron chi connectivity index (χ3n) is 6.67. The second-order valence-corrected chi connectivity index (χ2v) is 8.73. The summed E-state index contributed by atoms with van der Waals surface area (Å²) in [5, 5.41) is 12.6. The van der Waals surface area contributed by atoms with Crippen LogP contribution < -0.4 is 19.7 Å². The summed E-state index contributed by atoms with van der Waals surface area (Å²) < 4.78 is 40.4. The van der Waals surface area contributed by atoms with Crippen LogP contribution in [0.2, 0.25) is 0 Å². The average Bonchev–Trinajstić information content (AvgIpc) is 3.48. The Balaban J connectivity index is 1.52. The van der Waals surface area contributed by atoms with Crippen LogP contribution in [0.1, 0.15) is 30.6 Å². The van der Waals surface area contributed by atoms with E-state index in [4.69, 9.17) is 14.7 Å². The lowest BCUT2D eigenvalue weighted by molar-refractivity contribution is 0.253. The van der Waals surface area contributed by atoms with Gasteiger partial charge in [-0.25, -0.2) is 18.6 Å². The van der Waals surface area contributed by atoms with E-state index in [9.17, 15) is 4.79 Å². The monoisotopic (exact) mass is 482 g/mol. The van der Waals surface area contributed by atoms with Crippen molar-refractivity contribution < 1.29 is 23.0 Å². The van der Waals surface area contributed by atoms with Gasteiger partial charge in [-0.05, 0) is 26.0 Å². The predicted octanol–water partition coefficient (Wildman–Crippen LogP) is 4.32. The molecule has 2 aliphatic rings. The lowest BCUT2D eigenvalue weighted by Crippen LogP contribution is -2.42. The third kappa shape index (κ3) is 3.70. The molecule has 2 amide bonds. The molecule has 0 bridgehead atoms. The zero-order chi connectivity index (χ0) is 24.9. The molecule has 0 radical (unpaired) electrons. The van der Waals surface area contributed by atoms with Crippen LogP contribution in [0.25, 0.3) is 11.0 Å². The number of rotatable bonds is 5. The number of nitriles is 1. The third-order valence-corrected chi connectivity index (χ3v) is 6.67. The van der Waals surface area contributed by atoms with Gasteiger partial charge in [-0.15, -0.1) is 0 Å². The van der Waals surface area contributed by atoms with Crippen molar-refractivity contribution >= 4 is 28.4 Å². The van der Waals surface area contributed by atoms with Crippen LogP contribution in [-0.4, -0.2) is 48.2 Å². The van der Waals surface area contributed by atoms with E-state index in [1.54, 1.807) is 13.1 Å². The quantitative estimate of drug-likeness (QED) is 0.561. The van der Waals surface area contributed by atoms with Crippen molar-refractivity contribution in [3.05, 3.63) is 41.2 Å². The number of nitrogens with zero attached hydrogens (tertiary/aromatic N) is 4. The lowest BCUT2D eigenvalue weighted by Gasteiger charge is -2.36. The van der Waals surface area contributed by atoms with E-state index in [1.165, 1.54) is 14.2 Å². The fraction of sp³-hybridized carbons (Fsp3) is 0.375. The van der Waals surface area contributed by atoms with Crippen LogP contribution in [-0.2, 0) is 6.54 Å². The molecule has 1 unspecified atom stereocenters. The molecule has 1 aromatic carbocycles. The number of amides is 2. The smallest absolute Gasteiger partial charge is 0.327 e. The summed E-state index contributed by atoms with van der Waals surface area (Å²) in [6.07, 6.45) is 2.43. The lowest BCUT2D eigenvalue weighted by atomic mass is 10.0. The number of urea groups is 1. The first-order valence-corrected chi connectivity index (χ1v) is 11.2. The fourth-order valence-electron chi connectivity index (χ4n) is 4.87. The molecule has 2 aliphatic heterocycles. The van der Waals surface area contributed by atoms with Crippen molar-refractivity contribution in [3.63, 3.8) is 0 Å². The van der Waals surface area contributed by atoms with Gasteiger partial charge < -0.3 is 19.8 Å². The molecule has 11 heteroatoms. The summed E-state index contributed by atoms with van der Waals surface area (Å²) in [5.41, 5.74) is 2.08. The van der Waals surface area contributed by atoms with Crippen molar-refractivity contribution in [2.45, 2.75) is 25.9 Å². The predicted molar refractivity (Wildman–Crippen MR) is 124 cm³/mol. The van der Waals surface area contributed by atoms with E-state index in [-0.39, 0.29) is 17.4 Å². The maximum atomic E-state index is 15.2. The summed E-state index contributed by atoms with van der Waals surface area (Å²) in [6.45, 7) is 3.85. The summed E-state index contributed by atoms with van der Waals surface area (Å²) in [5.74, 6) is -2.46. The van der Waals surface area contributed by atoms with E-state index in [0.29, 0.717) is 35.4 Å². The first kappa shape index (κ1) is 22.9. The van der Waals surface area contributed by atoms with E-state index >= 15 is 8.78 Å². The number of halogens is 2. The Bertz CT molecular complexity index is 1340. The SMILES string of the molecule is COc1cc(OC)c(F)c(N2C(=O)Nc3c(cnc4[nH]c(CN5CC[C@H](C#N)C5)cc34)C2C)c1F. The molecule has 2 aromatic heterocycles. The maximum absolute atomic E-state index is 15.2. The van der Waals surface area contributed by atoms with E-state index in [2.05, 4.69) is 26.3 Å². The van der Waals surface area contributed by atoms with Crippen LogP contribution in [0, 0.1) is 28.9 Å². The number of aromatic amines is 1. The molecule has 4 heterocycles. The topological polar surface area (TPSA) is 107 Å². The van der Waals surface area contributed by atoms with Crippen LogP contribution in [0.5, 0.6) is 11.5 Å². The first-order valence-electron chi connectivity index (χ1n) is 11.2. The first-order chi connectivity index (χ1) is 16.9. The van der Waals surface area contributed by atoms with Crippen LogP contribution >= 0.6 is 0 Å². The molecule has 5 rings (SSSR count). The van der Waals surface area contributed by atoms with Gasteiger partial charge in [0.1, 0.15) is 11.3 Å². The summed E-state index contributed by atoms with van der Waals surface area (Å²) in [4.78, 5) is 24.2. The molecule has 3 aromatic rings. The zero-order valence-electron chi connectivity index (χ0n) is 19.5. The largest absolute Gasteiger partial charge is 0.493 e. The van der Waals surface area contributed by atoms with Gasteiger partial charge in [0, 0.05) is 42.0 Å². The second-order valence-electron chi connectivity index (χ2n) is 8.73. The molecule has 1 fully saturated rings. The number of methoxy groups -OCH3 is 2. The Morgan fingerprint density at radius 1 is 1.23 bits per heavy atom. The van der Waals surface area contributed by atoms with Crippen molar-refractivity contribution in [3.8, 4) is 17.6 Å². The zero-order valence-corrected chi connectivity index (χ0v) is 19.5. The van der Waals surface area contributed by atoms with Gasteiger partial charge in [-0.2, -0.15) is 5.26 Å². The van der Waals surface area contributed by atoms with Gasteiger partial charge in [0.15, 0.2) is 23.1 Å². The number of anilines is 2. The number of hydrogen-bond acceptors (Lipinski definition) is 6. The molecular weight excluding hydrogens is 458 g/mol. The molecule has 0 aliphatic carbocycles. The van der Waals surface area contributed by atoms with Gasteiger partial charge in [0.2, 0.25) is 0 Å². The molecule has 2 N–H and O–H groups in total. The van der Waals surface area contributed by atoms with Gasteiger partial charge in [0.25, 0.3) is 0 Å². The van der Waals surface area contributed by atoms with E-state index in [1.807, 2.05) is 6.07 Å². The van der Waals surface area contributed by atoms with Gasteiger partial charge in [-0.1, -0.05) is 0 Å². The molecule has 0 spiro atoms. The highest BCUT2D eigenvalue weighted by Crippen LogP contribution is 2.44. The minimum atomic E-state index is -1.00. The van der Waals surface area contributed by atoms with Gasteiger partial charge >= 0.3 is 6.03 Å². The van der Waals surface area contributed by atoms with Crippen molar-refractivity contribution in [1.29, 1.82) is 5.26 Å². The Morgan fingerprint density at radius 3 is 2.57 bits per heavy atom. The highest BCUT2D eigenvalue weighted by atomic mass is 19.1. The Kier molecular flexibility index (Phi) is 5.68. The Morgan fingerprint density at radius 2 is 1.94 bits per heavy atom. The Hall–Kier alpha value is -3.91. The minimum absolute atomic E-state index is 0.0346. The highest BCUT2D eigenvalue weighted by molar-refractivity contribution is 6.10. The van der Waals surface area contributed by atoms with Gasteiger partial charge in [-0.3, -0.25) is 9.80 Å². The number of H-pyrrole nitrogens is 1. The highest BCUT2D eigenvalue weighted by Gasteiger charge is 2.37. The summed E-state index contributed by atoms with van der Waals surface area (Å²) in [7, 11) is 2.50. The molecule has 35 heavy (non-hydrogen) atoms. The standard InChI is InChI=1S/C24H24F2N6O3/c1-12-16-9-28-23-15(6-14(29-23)11-31-5-4-13(8-27)10-31)21(16)30-24(33)32(12)22-19(25)17(34-2)7-18(35-3)20(22)26/h6-7,9,12-13H,4-5,10-11H2,1-3H3,(H,28,29)(H,30,33)/t12?,13-/m1/s1. The van der Waals surface area contributed by atoms with Crippen molar-refractivity contribution in [1.82, 2.24) is 14.9 Å². The normalized spacial score (nSPS) is 20.0. The fourth-order valence-corrected chi connectivity index (χ4v) is 4.87. The molecule has 0 saturated carbocycles.